The van der Waals surface area contributed by atoms with Gasteiger partial charge in [-0.1, -0.05) is 48.5 Å². The Labute approximate surface area is 124 Å². The molecule has 0 radical (unpaired) electrons. The number of benzene rings is 2. The summed E-state index contributed by atoms with van der Waals surface area (Å²) in [6.07, 6.45) is 0. The molecule has 0 bridgehead atoms. The number of nitrogens with zero attached hydrogens (tertiary/aromatic N) is 1. The predicted octanol–water partition coefficient (Wildman–Crippen LogP) is 3.94. The van der Waals surface area contributed by atoms with Gasteiger partial charge in [0.05, 0.1) is 0 Å². The zero-order valence-electron chi connectivity index (χ0n) is 10.5. The quantitative estimate of drug-likeness (QED) is 0.742. The zero-order chi connectivity index (χ0) is 13.8. The molecular formula is C15H12N2OS2. The number of rotatable bonds is 4. The van der Waals surface area contributed by atoms with Gasteiger partial charge in [0.25, 0.3) is 0 Å². The Balaban J connectivity index is 1.75. The third kappa shape index (κ3) is 3.01. The Morgan fingerprint density at radius 1 is 0.950 bits per heavy atom. The number of anilines is 1. The van der Waals surface area contributed by atoms with Gasteiger partial charge in [-0.15, -0.1) is 11.3 Å². The summed E-state index contributed by atoms with van der Waals surface area (Å²) in [4.78, 5) is 5.20. The molecule has 1 atom stereocenters. The van der Waals surface area contributed by atoms with Crippen molar-refractivity contribution in [3.05, 3.63) is 66.0 Å². The summed E-state index contributed by atoms with van der Waals surface area (Å²) in [6.45, 7) is 0. The molecule has 0 amide bonds. The average molecular weight is 300 g/mol. The maximum Gasteiger partial charge on any atom is 0.182 e. The summed E-state index contributed by atoms with van der Waals surface area (Å²) in [7, 11) is 0. The van der Waals surface area contributed by atoms with Crippen molar-refractivity contribution in [3.63, 3.8) is 0 Å². The van der Waals surface area contributed by atoms with Crippen molar-refractivity contribution in [3.8, 4) is 10.6 Å². The third-order valence-electron chi connectivity index (χ3n) is 2.68. The van der Waals surface area contributed by atoms with Crippen molar-refractivity contribution >= 4 is 28.5 Å². The van der Waals surface area contributed by atoms with Crippen LogP contribution in [-0.2, 0) is 11.4 Å². The van der Waals surface area contributed by atoms with Crippen molar-refractivity contribution < 1.29 is 4.55 Å². The monoisotopic (exact) mass is 300 g/mol. The molecule has 0 saturated carbocycles. The molecule has 3 rings (SSSR count). The van der Waals surface area contributed by atoms with E-state index >= 15 is 0 Å². The summed E-state index contributed by atoms with van der Waals surface area (Å²) in [5.74, 6) is 0.635. The smallest absolute Gasteiger partial charge is 0.182 e. The van der Waals surface area contributed by atoms with Crippen molar-refractivity contribution in [2.45, 2.75) is 4.90 Å². The molecule has 1 unspecified atom stereocenters. The number of hydrogen-bond acceptors (Lipinski definition) is 4. The molecule has 0 spiro atoms. The molecule has 3 nitrogen and oxygen atoms in total. The number of nitrogens with one attached hydrogen (secondary N) is 1. The van der Waals surface area contributed by atoms with Crippen LogP contribution < -0.4 is 4.72 Å². The Kier molecular flexibility index (Phi) is 4.01. The SMILES string of the molecule is [O-][S+](Nc1csc(-c2ccccc2)n1)c1ccccc1. The van der Waals surface area contributed by atoms with E-state index in [-0.39, 0.29) is 0 Å². The van der Waals surface area contributed by atoms with Crippen LogP contribution in [0.25, 0.3) is 10.6 Å². The zero-order valence-corrected chi connectivity index (χ0v) is 12.2. The second-order valence-electron chi connectivity index (χ2n) is 4.09. The minimum atomic E-state index is -1.28. The molecule has 20 heavy (non-hydrogen) atoms. The number of thiazole rings is 1. The van der Waals surface area contributed by atoms with Gasteiger partial charge in [-0.2, -0.15) is 4.72 Å². The summed E-state index contributed by atoms with van der Waals surface area (Å²) < 4.78 is 15.0. The first-order valence-electron chi connectivity index (χ1n) is 6.07. The summed E-state index contributed by atoms with van der Waals surface area (Å²) in [5.41, 5.74) is 1.07. The second-order valence-corrected chi connectivity index (χ2v) is 6.16. The van der Waals surface area contributed by atoms with Crippen molar-refractivity contribution in [2.24, 2.45) is 0 Å². The van der Waals surface area contributed by atoms with E-state index in [1.54, 1.807) is 0 Å². The highest BCUT2D eigenvalue weighted by Crippen LogP contribution is 2.26. The normalized spacial score (nSPS) is 12.1. The molecule has 100 valence electrons. The van der Waals surface area contributed by atoms with Crippen molar-refractivity contribution in [1.82, 2.24) is 4.98 Å². The van der Waals surface area contributed by atoms with Gasteiger partial charge in [-0.3, -0.25) is 0 Å². The van der Waals surface area contributed by atoms with E-state index in [1.807, 2.05) is 66.0 Å². The lowest BCUT2D eigenvalue weighted by molar-refractivity contribution is 0.600. The molecular weight excluding hydrogens is 288 g/mol. The Morgan fingerprint density at radius 2 is 1.60 bits per heavy atom. The first-order valence-corrected chi connectivity index (χ1v) is 8.10. The van der Waals surface area contributed by atoms with E-state index in [1.165, 1.54) is 11.3 Å². The van der Waals surface area contributed by atoms with E-state index in [9.17, 15) is 4.55 Å². The molecule has 0 aliphatic rings. The fourth-order valence-electron chi connectivity index (χ4n) is 1.73. The largest absolute Gasteiger partial charge is 0.588 e. The average Bonchev–Trinajstić information content (AvgIpc) is 2.97. The summed E-state index contributed by atoms with van der Waals surface area (Å²) in [5, 5.41) is 2.79. The first kappa shape index (κ1) is 13.2. The highest BCUT2D eigenvalue weighted by molar-refractivity contribution is 7.92. The Hall–Kier alpha value is -1.82. The number of aromatic nitrogens is 1. The van der Waals surface area contributed by atoms with Crippen LogP contribution in [0.4, 0.5) is 5.82 Å². The van der Waals surface area contributed by atoms with Crippen LogP contribution in [0.5, 0.6) is 0 Å². The molecule has 5 heteroatoms. The van der Waals surface area contributed by atoms with Crippen LogP contribution in [-0.4, -0.2) is 9.54 Å². The van der Waals surface area contributed by atoms with Gasteiger partial charge in [0.1, 0.15) is 16.4 Å². The summed E-state index contributed by atoms with van der Waals surface area (Å²) in [6, 6.07) is 19.2. The standard InChI is InChI=1S/C15H12N2OS2/c18-20(13-9-5-2-6-10-13)17-14-11-19-15(16-14)12-7-3-1-4-8-12/h1-11,17H. The first-order chi connectivity index (χ1) is 9.83. The minimum absolute atomic E-state index is 0.635. The lowest BCUT2D eigenvalue weighted by Crippen LogP contribution is -2.12. The number of hydrogen-bond donors (Lipinski definition) is 1. The topological polar surface area (TPSA) is 48.0 Å². The van der Waals surface area contributed by atoms with Gasteiger partial charge in [0, 0.05) is 10.9 Å². The molecule has 0 fully saturated rings. The van der Waals surface area contributed by atoms with Crippen LogP contribution in [0.1, 0.15) is 0 Å². The van der Waals surface area contributed by atoms with E-state index in [4.69, 9.17) is 0 Å². The van der Waals surface area contributed by atoms with Crippen LogP contribution in [0.3, 0.4) is 0 Å². The Bertz CT molecular complexity index is 671. The summed E-state index contributed by atoms with van der Waals surface area (Å²) >= 11 is 0.248. The lowest BCUT2D eigenvalue weighted by Gasteiger charge is -2.08. The van der Waals surface area contributed by atoms with Crippen LogP contribution >= 0.6 is 11.3 Å². The van der Waals surface area contributed by atoms with E-state index in [0.29, 0.717) is 5.82 Å². The maximum atomic E-state index is 12.1. The van der Waals surface area contributed by atoms with Gasteiger partial charge in [-0.05, 0) is 12.1 Å². The molecule has 1 N–H and O–H groups in total. The lowest BCUT2D eigenvalue weighted by atomic mass is 10.2. The van der Waals surface area contributed by atoms with E-state index in [2.05, 4.69) is 9.71 Å². The molecule has 2 aromatic carbocycles. The molecule has 1 heterocycles. The van der Waals surface area contributed by atoms with Gasteiger partial charge in [0.15, 0.2) is 10.7 Å². The van der Waals surface area contributed by atoms with E-state index in [0.717, 1.165) is 15.5 Å². The minimum Gasteiger partial charge on any atom is -0.588 e. The second kappa shape index (κ2) is 6.09. The fraction of sp³-hybridized carbons (Fsp3) is 0. The van der Waals surface area contributed by atoms with Crippen LogP contribution in [0.2, 0.25) is 0 Å². The fourth-order valence-corrected chi connectivity index (χ4v) is 3.38. The molecule has 1 aromatic heterocycles. The molecule has 0 saturated heterocycles. The van der Waals surface area contributed by atoms with Gasteiger partial charge in [0.2, 0.25) is 0 Å². The van der Waals surface area contributed by atoms with Gasteiger partial charge >= 0.3 is 0 Å². The highest BCUT2D eigenvalue weighted by Gasteiger charge is 2.13. The highest BCUT2D eigenvalue weighted by atomic mass is 32.2. The van der Waals surface area contributed by atoms with Gasteiger partial charge in [-0.25, -0.2) is 4.98 Å². The van der Waals surface area contributed by atoms with E-state index < -0.39 is 11.4 Å². The molecule has 0 aliphatic carbocycles. The predicted molar refractivity (Wildman–Crippen MR) is 84.0 cm³/mol. The van der Waals surface area contributed by atoms with Crippen LogP contribution in [0.15, 0.2) is 70.9 Å². The maximum absolute atomic E-state index is 12.1. The van der Waals surface area contributed by atoms with Crippen molar-refractivity contribution in [2.75, 3.05) is 4.72 Å². The van der Waals surface area contributed by atoms with Crippen molar-refractivity contribution in [1.29, 1.82) is 0 Å². The Morgan fingerprint density at radius 3 is 2.30 bits per heavy atom. The molecule has 0 aliphatic heterocycles. The molecule has 3 aromatic rings. The van der Waals surface area contributed by atoms with Gasteiger partial charge < -0.3 is 4.55 Å². The third-order valence-corrected chi connectivity index (χ3v) is 4.67. The van der Waals surface area contributed by atoms with Crippen LogP contribution in [0, 0.1) is 0 Å².